The molecule has 0 atom stereocenters. The number of nitriles is 1. The zero-order chi connectivity index (χ0) is 16.5. The van der Waals surface area contributed by atoms with Crippen LogP contribution < -0.4 is 10.6 Å². The first-order valence-corrected chi connectivity index (χ1v) is 7.61. The number of nitrogens with one attached hydrogen (secondary N) is 2. The van der Waals surface area contributed by atoms with Crippen LogP contribution >= 0.6 is 0 Å². The molecule has 2 rings (SSSR count). The van der Waals surface area contributed by atoms with Crippen LogP contribution in [0, 0.1) is 11.3 Å². The molecular weight excluding hydrogens is 290 g/mol. The second-order valence-electron chi connectivity index (χ2n) is 5.04. The Morgan fingerprint density at radius 1 is 1.22 bits per heavy atom. The number of carbonyl (C=O) groups is 1. The molecule has 0 saturated carbocycles. The van der Waals surface area contributed by atoms with Crippen LogP contribution in [0.1, 0.15) is 42.2 Å². The van der Waals surface area contributed by atoms with Gasteiger partial charge in [-0.05, 0) is 36.8 Å². The Hall–Kier alpha value is -2.94. The summed E-state index contributed by atoms with van der Waals surface area (Å²) in [6.45, 7) is 2.93. The lowest BCUT2D eigenvalue weighted by Gasteiger charge is -2.07. The van der Waals surface area contributed by atoms with Crippen molar-refractivity contribution in [3.05, 3.63) is 47.8 Å². The van der Waals surface area contributed by atoms with Crippen molar-refractivity contribution >= 4 is 17.5 Å². The van der Waals surface area contributed by atoms with Gasteiger partial charge >= 0.3 is 0 Å². The van der Waals surface area contributed by atoms with Crippen molar-refractivity contribution in [2.45, 2.75) is 26.2 Å². The zero-order valence-corrected chi connectivity index (χ0v) is 13.0. The number of rotatable bonds is 7. The van der Waals surface area contributed by atoms with Crippen LogP contribution in [0.5, 0.6) is 0 Å². The van der Waals surface area contributed by atoms with Crippen molar-refractivity contribution in [3.63, 3.8) is 0 Å². The van der Waals surface area contributed by atoms with Gasteiger partial charge in [0.25, 0.3) is 5.91 Å². The fourth-order valence-corrected chi connectivity index (χ4v) is 1.97. The minimum absolute atomic E-state index is 0.294. The molecule has 0 aliphatic heterocycles. The average Bonchev–Trinajstić information content (AvgIpc) is 2.60. The highest BCUT2D eigenvalue weighted by atomic mass is 16.1. The van der Waals surface area contributed by atoms with E-state index in [0.29, 0.717) is 22.9 Å². The maximum Gasteiger partial charge on any atom is 0.274 e. The summed E-state index contributed by atoms with van der Waals surface area (Å²) in [6, 6.07) is 10.3. The SMILES string of the molecule is CCCCCNc1nccc(C(=O)Nc2ccc(C#N)cc2)n1. The summed E-state index contributed by atoms with van der Waals surface area (Å²) < 4.78 is 0. The van der Waals surface area contributed by atoms with Gasteiger partial charge in [0.05, 0.1) is 11.6 Å². The summed E-state index contributed by atoms with van der Waals surface area (Å²) in [6.07, 6.45) is 4.89. The monoisotopic (exact) mass is 309 g/mol. The number of amides is 1. The predicted octanol–water partition coefficient (Wildman–Crippen LogP) is 3.20. The Bertz CT molecular complexity index is 691. The predicted molar refractivity (Wildman–Crippen MR) is 89.2 cm³/mol. The van der Waals surface area contributed by atoms with E-state index in [1.807, 2.05) is 6.07 Å². The molecule has 1 aromatic heterocycles. The molecule has 0 aliphatic carbocycles. The van der Waals surface area contributed by atoms with Crippen LogP contribution in [0.4, 0.5) is 11.6 Å². The zero-order valence-electron chi connectivity index (χ0n) is 13.0. The van der Waals surface area contributed by atoms with Crippen LogP contribution in [0.15, 0.2) is 36.5 Å². The van der Waals surface area contributed by atoms with Crippen LogP contribution in [0.25, 0.3) is 0 Å². The molecule has 0 aliphatic rings. The van der Waals surface area contributed by atoms with E-state index in [1.165, 1.54) is 0 Å². The van der Waals surface area contributed by atoms with Gasteiger partial charge in [0, 0.05) is 18.4 Å². The first kappa shape index (κ1) is 16.4. The number of carbonyl (C=O) groups excluding carboxylic acids is 1. The van der Waals surface area contributed by atoms with Gasteiger partial charge in [-0.1, -0.05) is 19.8 Å². The molecule has 1 aromatic carbocycles. The molecular formula is C17H19N5O. The minimum atomic E-state index is -0.311. The average molecular weight is 309 g/mol. The first-order chi connectivity index (χ1) is 11.2. The van der Waals surface area contributed by atoms with E-state index in [0.717, 1.165) is 25.8 Å². The molecule has 0 saturated heterocycles. The first-order valence-electron chi connectivity index (χ1n) is 7.61. The van der Waals surface area contributed by atoms with Crippen molar-refractivity contribution < 1.29 is 4.79 Å². The third-order valence-corrected chi connectivity index (χ3v) is 3.22. The molecule has 0 unspecified atom stereocenters. The van der Waals surface area contributed by atoms with Crippen molar-refractivity contribution in [2.75, 3.05) is 17.2 Å². The molecule has 0 spiro atoms. The van der Waals surface area contributed by atoms with Gasteiger partial charge in [0.2, 0.25) is 5.95 Å². The molecule has 118 valence electrons. The molecule has 6 nitrogen and oxygen atoms in total. The highest BCUT2D eigenvalue weighted by molar-refractivity contribution is 6.02. The number of anilines is 2. The summed E-state index contributed by atoms with van der Waals surface area (Å²) in [4.78, 5) is 20.5. The van der Waals surface area contributed by atoms with Gasteiger partial charge in [-0.25, -0.2) is 9.97 Å². The van der Waals surface area contributed by atoms with E-state index < -0.39 is 0 Å². The second-order valence-corrected chi connectivity index (χ2v) is 5.04. The number of unbranched alkanes of at least 4 members (excludes halogenated alkanes) is 2. The van der Waals surface area contributed by atoms with Crippen molar-refractivity contribution in [3.8, 4) is 6.07 Å². The molecule has 0 fully saturated rings. The molecule has 6 heteroatoms. The van der Waals surface area contributed by atoms with E-state index in [9.17, 15) is 4.79 Å². The minimum Gasteiger partial charge on any atom is -0.354 e. The molecule has 0 bridgehead atoms. The number of nitrogens with zero attached hydrogens (tertiary/aromatic N) is 3. The number of hydrogen-bond acceptors (Lipinski definition) is 5. The standard InChI is InChI=1S/C17H19N5O/c1-2-3-4-10-19-17-20-11-9-15(22-17)16(23)21-14-7-5-13(12-18)6-8-14/h5-9,11H,2-4,10H2,1H3,(H,21,23)(H,19,20,22). The van der Waals surface area contributed by atoms with Crippen molar-refractivity contribution in [1.29, 1.82) is 5.26 Å². The Balaban J connectivity index is 1.97. The topological polar surface area (TPSA) is 90.7 Å². The normalized spacial score (nSPS) is 9.91. The lowest BCUT2D eigenvalue weighted by Crippen LogP contribution is -2.15. The highest BCUT2D eigenvalue weighted by Crippen LogP contribution is 2.11. The Morgan fingerprint density at radius 3 is 2.70 bits per heavy atom. The van der Waals surface area contributed by atoms with Gasteiger partial charge in [-0.2, -0.15) is 5.26 Å². The van der Waals surface area contributed by atoms with Crippen LogP contribution in [0.2, 0.25) is 0 Å². The quantitative estimate of drug-likeness (QED) is 0.766. The molecule has 2 aromatic rings. The van der Waals surface area contributed by atoms with Crippen LogP contribution in [0.3, 0.4) is 0 Å². The molecule has 2 N–H and O–H groups in total. The van der Waals surface area contributed by atoms with E-state index in [2.05, 4.69) is 27.5 Å². The third kappa shape index (κ3) is 5.08. The van der Waals surface area contributed by atoms with Gasteiger partial charge in [-0.3, -0.25) is 4.79 Å². The maximum absolute atomic E-state index is 12.2. The van der Waals surface area contributed by atoms with E-state index in [1.54, 1.807) is 36.5 Å². The summed E-state index contributed by atoms with van der Waals surface area (Å²) >= 11 is 0. The Morgan fingerprint density at radius 2 is 2.00 bits per heavy atom. The van der Waals surface area contributed by atoms with Gasteiger partial charge in [0.15, 0.2) is 0 Å². The second kappa shape index (κ2) is 8.49. The summed E-state index contributed by atoms with van der Waals surface area (Å²) in [5, 5.41) is 14.6. The van der Waals surface area contributed by atoms with E-state index in [-0.39, 0.29) is 5.91 Å². The Kier molecular flexibility index (Phi) is 6.07. The van der Waals surface area contributed by atoms with E-state index >= 15 is 0 Å². The third-order valence-electron chi connectivity index (χ3n) is 3.22. The smallest absolute Gasteiger partial charge is 0.274 e. The number of hydrogen-bond donors (Lipinski definition) is 2. The molecule has 23 heavy (non-hydrogen) atoms. The van der Waals surface area contributed by atoms with Crippen LogP contribution in [-0.4, -0.2) is 22.4 Å². The largest absolute Gasteiger partial charge is 0.354 e. The fourth-order valence-electron chi connectivity index (χ4n) is 1.97. The van der Waals surface area contributed by atoms with E-state index in [4.69, 9.17) is 5.26 Å². The maximum atomic E-state index is 12.2. The van der Waals surface area contributed by atoms with Crippen molar-refractivity contribution in [1.82, 2.24) is 9.97 Å². The lowest BCUT2D eigenvalue weighted by atomic mass is 10.2. The van der Waals surface area contributed by atoms with Crippen LogP contribution in [-0.2, 0) is 0 Å². The van der Waals surface area contributed by atoms with Gasteiger partial charge in [-0.15, -0.1) is 0 Å². The van der Waals surface area contributed by atoms with Crippen molar-refractivity contribution in [2.24, 2.45) is 0 Å². The molecule has 0 radical (unpaired) electrons. The summed E-state index contributed by atoms with van der Waals surface area (Å²) in [7, 11) is 0. The molecule has 1 amide bonds. The summed E-state index contributed by atoms with van der Waals surface area (Å²) in [5.41, 5.74) is 1.45. The lowest BCUT2D eigenvalue weighted by molar-refractivity contribution is 0.102. The number of benzene rings is 1. The van der Waals surface area contributed by atoms with Gasteiger partial charge in [0.1, 0.15) is 5.69 Å². The number of aromatic nitrogens is 2. The molecule has 1 heterocycles. The fraction of sp³-hybridized carbons (Fsp3) is 0.294. The highest BCUT2D eigenvalue weighted by Gasteiger charge is 2.09. The summed E-state index contributed by atoms with van der Waals surface area (Å²) in [5.74, 6) is 0.141. The van der Waals surface area contributed by atoms with Gasteiger partial charge < -0.3 is 10.6 Å². The Labute approximate surface area is 135 Å².